The molecule has 3 aromatic rings. The first-order chi connectivity index (χ1) is 14.2. The first-order valence-corrected chi connectivity index (χ1v) is 11.6. The Bertz CT molecular complexity index is 1220. The maximum atomic E-state index is 11.9. The van der Waals surface area contributed by atoms with Gasteiger partial charge in [0.2, 0.25) is 0 Å². The van der Waals surface area contributed by atoms with E-state index in [2.05, 4.69) is 14.9 Å². The molecule has 1 aromatic carbocycles. The molecule has 1 amide bonds. The van der Waals surface area contributed by atoms with Gasteiger partial charge in [0, 0.05) is 41.5 Å². The summed E-state index contributed by atoms with van der Waals surface area (Å²) in [5.74, 6) is 0.398. The molecule has 0 aliphatic carbocycles. The molecule has 0 bridgehead atoms. The van der Waals surface area contributed by atoms with Gasteiger partial charge >= 0.3 is 0 Å². The quantitative estimate of drug-likeness (QED) is 0.628. The van der Waals surface area contributed by atoms with Crippen molar-refractivity contribution >= 4 is 32.5 Å². The van der Waals surface area contributed by atoms with Crippen LogP contribution in [0.4, 0.5) is 5.82 Å². The second-order valence-corrected chi connectivity index (χ2v) is 9.70. The van der Waals surface area contributed by atoms with Crippen LogP contribution in [0.1, 0.15) is 23.0 Å². The highest BCUT2D eigenvalue weighted by atomic mass is 32.2. The number of rotatable bonds is 5. The minimum Gasteiger partial charge on any atom is -0.377 e. The fraction of sp³-hybridized carbons (Fsp3) is 0.350. The Morgan fingerprint density at radius 1 is 1.33 bits per heavy atom. The normalized spacial score (nSPS) is 17.4. The fourth-order valence-corrected chi connectivity index (χ4v) is 4.32. The summed E-state index contributed by atoms with van der Waals surface area (Å²) in [5.41, 5.74) is 7.68. The number of aromatic amines is 1. The van der Waals surface area contributed by atoms with Crippen molar-refractivity contribution in [2.75, 3.05) is 30.9 Å². The van der Waals surface area contributed by atoms with Gasteiger partial charge < -0.3 is 20.4 Å². The van der Waals surface area contributed by atoms with Crippen LogP contribution in [0.3, 0.4) is 0 Å². The molecule has 3 heterocycles. The molecule has 0 unspecified atom stereocenters. The minimum atomic E-state index is -3.27. The third-order valence-electron chi connectivity index (χ3n) is 5.04. The lowest BCUT2D eigenvalue weighted by molar-refractivity contribution is 0.0985. The van der Waals surface area contributed by atoms with Gasteiger partial charge in [-0.25, -0.2) is 18.4 Å². The predicted octanol–water partition coefficient (Wildman–Crippen LogP) is 1.49. The molecule has 0 saturated carbocycles. The fourth-order valence-electron chi connectivity index (χ4n) is 3.64. The number of anilines is 1. The summed E-state index contributed by atoms with van der Waals surface area (Å²) < 4.78 is 29.3. The van der Waals surface area contributed by atoms with Crippen LogP contribution in [-0.2, 0) is 20.3 Å². The number of hydrogen-bond donors (Lipinski definition) is 2. The number of fused-ring (bicyclic) bond motifs is 1. The summed E-state index contributed by atoms with van der Waals surface area (Å²) in [5, 5.41) is 0.709. The molecule has 1 atom stereocenters. The number of aromatic nitrogens is 3. The monoisotopic (exact) mass is 429 g/mol. The first-order valence-electron chi connectivity index (χ1n) is 9.52. The minimum absolute atomic E-state index is 0.108. The van der Waals surface area contributed by atoms with Crippen LogP contribution in [0.25, 0.3) is 22.3 Å². The Morgan fingerprint density at radius 3 is 2.83 bits per heavy atom. The number of nitrogens with one attached hydrogen (secondary N) is 1. The van der Waals surface area contributed by atoms with E-state index in [0.717, 1.165) is 5.52 Å². The van der Waals surface area contributed by atoms with E-state index < -0.39 is 15.7 Å². The summed E-state index contributed by atoms with van der Waals surface area (Å²) >= 11 is 0. The number of benzene rings is 1. The number of carbonyl (C=O) groups is 1. The van der Waals surface area contributed by atoms with Crippen molar-refractivity contribution in [1.82, 2.24) is 15.0 Å². The van der Waals surface area contributed by atoms with E-state index in [0.29, 0.717) is 53.6 Å². The van der Waals surface area contributed by atoms with E-state index in [1.54, 1.807) is 24.4 Å². The number of sulfone groups is 1. The maximum absolute atomic E-state index is 11.9. The van der Waals surface area contributed by atoms with Crippen LogP contribution in [0, 0.1) is 0 Å². The van der Waals surface area contributed by atoms with Gasteiger partial charge in [0.15, 0.2) is 15.7 Å². The van der Waals surface area contributed by atoms with Gasteiger partial charge in [-0.1, -0.05) is 12.1 Å². The highest BCUT2D eigenvalue weighted by Crippen LogP contribution is 2.27. The predicted molar refractivity (Wildman–Crippen MR) is 114 cm³/mol. The number of hydrogen-bond acceptors (Lipinski definition) is 7. The number of morpholine rings is 1. The van der Waals surface area contributed by atoms with Crippen molar-refractivity contribution in [3.8, 4) is 11.4 Å². The maximum Gasteiger partial charge on any atom is 0.250 e. The van der Waals surface area contributed by atoms with Gasteiger partial charge in [0.25, 0.3) is 5.91 Å². The Balaban J connectivity index is 1.81. The summed E-state index contributed by atoms with van der Waals surface area (Å²) in [6.45, 7) is 3.85. The summed E-state index contributed by atoms with van der Waals surface area (Å²) in [7, 11) is -3.27. The van der Waals surface area contributed by atoms with Gasteiger partial charge in [-0.2, -0.15) is 0 Å². The van der Waals surface area contributed by atoms with Crippen LogP contribution in [0.2, 0.25) is 0 Å². The second kappa shape index (κ2) is 7.69. The number of primary amides is 1. The largest absolute Gasteiger partial charge is 0.377 e. The number of H-pyrrole nitrogens is 1. The Labute approximate surface area is 174 Å². The molecule has 1 saturated heterocycles. The highest BCUT2D eigenvalue weighted by Gasteiger charge is 2.23. The average molecular weight is 430 g/mol. The van der Waals surface area contributed by atoms with E-state index in [1.165, 1.54) is 6.26 Å². The molecule has 0 radical (unpaired) electrons. The third kappa shape index (κ3) is 4.14. The summed E-state index contributed by atoms with van der Waals surface area (Å²) in [6, 6.07) is 7.25. The van der Waals surface area contributed by atoms with Crippen molar-refractivity contribution in [3.05, 3.63) is 41.7 Å². The number of ether oxygens (including phenoxy) is 1. The molecule has 1 fully saturated rings. The second-order valence-electron chi connectivity index (χ2n) is 7.56. The first kappa shape index (κ1) is 20.3. The van der Waals surface area contributed by atoms with Gasteiger partial charge in [-0.3, -0.25) is 4.79 Å². The van der Waals surface area contributed by atoms with E-state index in [1.807, 2.05) is 13.0 Å². The van der Waals surface area contributed by atoms with E-state index in [4.69, 9.17) is 15.5 Å². The van der Waals surface area contributed by atoms with E-state index in [-0.39, 0.29) is 11.8 Å². The van der Waals surface area contributed by atoms with Crippen molar-refractivity contribution < 1.29 is 17.9 Å². The van der Waals surface area contributed by atoms with Gasteiger partial charge in [-0.05, 0) is 13.0 Å². The summed E-state index contributed by atoms with van der Waals surface area (Å²) in [6.07, 6.45) is 2.75. The summed E-state index contributed by atoms with van der Waals surface area (Å²) in [4.78, 5) is 25.9. The zero-order valence-corrected chi connectivity index (χ0v) is 17.6. The molecule has 2 aromatic heterocycles. The highest BCUT2D eigenvalue weighted by molar-refractivity contribution is 7.89. The molecule has 1 aliphatic rings. The van der Waals surface area contributed by atoms with E-state index in [9.17, 15) is 13.2 Å². The van der Waals surface area contributed by atoms with Crippen LogP contribution < -0.4 is 10.6 Å². The van der Waals surface area contributed by atoms with E-state index >= 15 is 0 Å². The SMILES string of the molecule is C[C@H]1COCCN1c1cc(CS(C)(=O)=O)nc(-c2ccc3c(C(N)=O)c[nH]c3c2)n1. The number of carbonyl (C=O) groups excluding carboxylic acids is 1. The molecular weight excluding hydrogens is 406 g/mol. The van der Waals surface area contributed by atoms with Crippen LogP contribution in [0.15, 0.2) is 30.5 Å². The van der Waals surface area contributed by atoms with Gasteiger partial charge in [0.05, 0.1) is 36.3 Å². The van der Waals surface area contributed by atoms with Crippen molar-refractivity contribution in [1.29, 1.82) is 0 Å². The van der Waals surface area contributed by atoms with Crippen LogP contribution in [0.5, 0.6) is 0 Å². The molecule has 30 heavy (non-hydrogen) atoms. The van der Waals surface area contributed by atoms with Crippen LogP contribution in [-0.4, -0.2) is 61.3 Å². The lowest BCUT2D eigenvalue weighted by Crippen LogP contribution is -2.44. The average Bonchev–Trinajstić information content (AvgIpc) is 3.10. The third-order valence-corrected chi connectivity index (χ3v) is 5.86. The molecule has 1 aliphatic heterocycles. The smallest absolute Gasteiger partial charge is 0.250 e. The number of nitrogens with zero attached hydrogens (tertiary/aromatic N) is 3. The molecule has 10 heteroatoms. The molecule has 4 rings (SSSR count). The molecule has 158 valence electrons. The topological polar surface area (TPSA) is 131 Å². The lowest BCUT2D eigenvalue weighted by atomic mass is 10.1. The molecule has 0 spiro atoms. The van der Waals surface area contributed by atoms with Crippen molar-refractivity contribution in [2.24, 2.45) is 5.73 Å². The zero-order valence-electron chi connectivity index (χ0n) is 16.8. The van der Waals surface area contributed by atoms with Crippen molar-refractivity contribution in [3.63, 3.8) is 0 Å². The number of amides is 1. The van der Waals surface area contributed by atoms with Gasteiger partial charge in [-0.15, -0.1) is 0 Å². The van der Waals surface area contributed by atoms with Crippen molar-refractivity contribution in [2.45, 2.75) is 18.7 Å². The van der Waals surface area contributed by atoms with Gasteiger partial charge in [0.1, 0.15) is 5.82 Å². The number of nitrogens with two attached hydrogens (primary N) is 1. The Kier molecular flexibility index (Phi) is 5.20. The van der Waals surface area contributed by atoms with Crippen LogP contribution >= 0.6 is 0 Å². The molecule has 3 N–H and O–H groups in total. The Morgan fingerprint density at radius 2 is 2.13 bits per heavy atom. The molecule has 9 nitrogen and oxygen atoms in total. The standard InChI is InChI=1S/C20H23N5O4S/c1-12-10-29-6-5-25(12)18-8-14(11-30(2,27)28)23-20(24-18)13-3-4-15-16(19(21)26)9-22-17(15)7-13/h3-4,7-9,12,22H,5-6,10-11H2,1-2H3,(H2,21,26)/t12-/m0/s1. The lowest BCUT2D eigenvalue weighted by Gasteiger charge is -2.34. The molecular formula is C20H23N5O4S. The zero-order chi connectivity index (χ0) is 21.5. The Hall–Kier alpha value is -2.98.